The first-order valence-electron chi connectivity index (χ1n) is 8.67. The first-order chi connectivity index (χ1) is 12.0. The molecule has 1 saturated heterocycles. The topological polar surface area (TPSA) is 54.5 Å². The van der Waals surface area contributed by atoms with Crippen LogP contribution in [-0.2, 0) is 11.0 Å². The van der Waals surface area contributed by atoms with Crippen molar-refractivity contribution in [2.75, 3.05) is 20.2 Å². The van der Waals surface area contributed by atoms with Gasteiger partial charge in [-0.3, -0.25) is 4.79 Å². The Morgan fingerprint density at radius 2 is 2.12 bits per heavy atom. The van der Waals surface area contributed by atoms with Gasteiger partial charge in [-0.25, -0.2) is 4.98 Å². The van der Waals surface area contributed by atoms with Gasteiger partial charge < -0.3 is 15.0 Å². The van der Waals surface area contributed by atoms with Gasteiger partial charge in [-0.1, -0.05) is 0 Å². The number of hydrogen-bond acceptors (Lipinski definition) is 4. The Hall–Kier alpha value is -1.83. The van der Waals surface area contributed by atoms with Crippen LogP contribution in [0.5, 0.6) is 5.88 Å². The number of nitrogens with one attached hydrogen (secondary N) is 1. The van der Waals surface area contributed by atoms with E-state index in [0.717, 1.165) is 25.5 Å². The van der Waals surface area contributed by atoms with E-state index in [9.17, 15) is 18.0 Å². The SMILES string of the molecule is C[C@H]1C[C@@H](NC(=O)C(C)(C)COc2ncccc2C(F)(F)F)CCN1C. The molecule has 26 heavy (non-hydrogen) atoms. The molecule has 0 spiro atoms. The number of likely N-dealkylation sites (tertiary alicyclic amines) is 1. The van der Waals surface area contributed by atoms with E-state index in [1.54, 1.807) is 13.8 Å². The van der Waals surface area contributed by atoms with Crippen LogP contribution in [0.25, 0.3) is 0 Å². The second-order valence-electron chi connectivity index (χ2n) is 7.55. The molecule has 0 radical (unpaired) electrons. The van der Waals surface area contributed by atoms with Crippen LogP contribution in [0.3, 0.4) is 0 Å². The molecule has 0 aromatic carbocycles. The number of rotatable bonds is 5. The summed E-state index contributed by atoms with van der Waals surface area (Å²) in [7, 11) is 2.05. The summed E-state index contributed by atoms with van der Waals surface area (Å²) in [4.78, 5) is 18.5. The fourth-order valence-electron chi connectivity index (χ4n) is 2.84. The number of carbonyl (C=O) groups is 1. The van der Waals surface area contributed by atoms with Gasteiger partial charge >= 0.3 is 6.18 Å². The van der Waals surface area contributed by atoms with Crippen molar-refractivity contribution in [3.63, 3.8) is 0 Å². The molecule has 1 N–H and O–H groups in total. The third-order valence-electron chi connectivity index (χ3n) is 4.80. The highest BCUT2D eigenvalue weighted by molar-refractivity contribution is 5.82. The summed E-state index contributed by atoms with van der Waals surface area (Å²) in [5.41, 5.74) is -1.92. The van der Waals surface area contributed by atoms with Crippen molar-refractivity contribution in [3.8, 4) is 5.88 Å². The van der Waals surface area contributed by atoms with E-state index >= 15 is 0 Å². The number of pyridine rings is 1. The lowest BCUT2D eigenvalue weighted by molar-refractivity contribution is -0.139. The molecule has 1 aromatic heterocycles. The van der Waals surface area contributed by atoms with Gasteiger partial charge in [0.1, 0.15) is 12.2 Å². The van der Waals surface area contributed by atoms with Gasteiger partial charge in [0.2, 0.25) is 11.8 Å². The van der Waals surface area contributed by atoms with Gasteiger partial charge in [0, 0.05) is 24.8 Å². The Labute approximate surface area is 151 Å². The second kappa shape index (κ2) is 7.82. The lowest BCUT2D eigenvalue weighted by Gasteiger charge is -2.36. The Morgan fingerprint density at radius 3 is 2.73 bits per heavy atom. The summed E-state index contributed by atoms with van der Waals surface area (Å²) in [6.45, 7) is 6.10. The van der Waals surface area contributed by atoms with Gasteiger partial charge in [-0.15, -0.1) is 0 Å². The molecular formula is C18H26F3N3O2. The van der Waals surface area contributed by atoms with E-state index in [1.165, 1.54) is 12.3 Å². The molecule has 0 aliphatic carbocycles. The maximum absolute atomic E-state index is 13.0. The standard InChI is InChI=1S/C18H26F3N3O2/c1-12-10-13(7-9-24(12)4)23-16(25)17(2,3)11-26-15-14(18(19,20)21)6-5-8-22-15/h5-6,8,12-13H,7,9-11H2,1-4H3,(H,23,25)/t12-,13-/m0/s1. The Balaban J connectivity index is 1.97. The van der Waals surface area contributed by atoms with E-state index in [-0.39, 0.29) is 18.6 Å². The van der Waals surface area contributed by atoms with Crippen LogP contribution in [0.4, 0.5) is 13.2 Å². The van der Waals surface area contributed by atoms with Crippen LogP contribution < -0.4 is 10.1 Å². The van der Waals surface area contributed by atoms with Crippen molar-refractivity contribution < 1.29 is 22.7 Å². The minimum absolute atomic E-state index is 0.0635. The molecule has 1 aromatic rings. The second-order valence-corrected chi connectivity index (χ2v) is 7.55. The first-order valence-corrected chi connectivity index (χ1v) is 8.67. The maximum atomic E-state index is 13.0. The number of amides is 1. The predicted octanol–water partition coefficient (Wildman–Crippen LogP) is 3.10. The van der Waals surface area contributed by atoms with Crippen molar-refractivity contribution >= 4 is 5.91 Å². The van der Waals surface area contributed by atoms with E-state index in [4.69, 9.17) is 4.74 Å². The van der Waals surface area contributed by atoms with Crippen LogP contribution in [0.15, 0.2) is 18.3 Å². The number of hydrogen-bond donors (Lipinski definition) is 1. The van der Waals surface area contributed by atoms with E-state index < -0.39 is 23.0 Å². The van der Waals surface area contributed by atoms with Crippen molar-refractivity contribution in [3.05, 3.63) is 23.9 Å². The van der Waals surface area contributed by atoms with Gasteiger partial charge in [-0.2, -0.15) is 13.2 Å². The summed E-state index contributed by atoms with van der Waals surface area (Å²) in [6.07, 6.45) is -1.63. The zero-order valence-corrected chi connectivity index (χ0v) is 15.6. The number of piperidine rings is 1. The lowest BCUT2D eigenvalue weighted by atomic mass is 9.91. The Morgan fingerprint density at radius 1 is 1.42 bits per heavy atom. The molecule has 1 amide bonds. The summed E-state index contributed by atoms with van der Waals surface area (Å²) in [5.74, 6) is -0.738. The van der Waals surface area contributed by atoms with Crippen LogP contribution in [0.1, 0.15) is 39.2 Å². The number of halogens is 3. The van der Waals surface area contributed by atoms with Gasteiger partial charge in [-0.05, 0) is 52.8 Å². The quantitative estimate of drug-likeness (QED) is 0.862. The Kier molecular flexibility index (Phi) is 6.16. The molecule has 2 atom stereocenters. The summed E-state index contributed by atoms with van der Waals surface area (Å²) in [6, 6.07) is 2.55. The van der Waals surface area contributed by atoms with E-state index in [2.05, 4.69) is 22.1 Å². The van der Waals surface area contributed by atoms with E-state index in [0.29, 0.717) is 6.04 Å². The molecule has 8 heteroatoms. The molecule has 2 rings (SSSR count). The van der Waals surface area contributed by atoms with E-state index in [1.807, 2.05) is 7.05 Å². The molecule has 2 heterocycles. The molecule has 1 aliphatic rings. The number of nitrogens with zero attached hydrogens (tertiary/aromatic N) is 2. The normalized spacial score (nSPS) is 22.1. The largest absolute Gasteiger partial charge is 0.476 e. The molecular weight excluding hydrogens is 347 g/mol. The highest BCUT2D eigenvalue weighted by Crippen LogP contribution is 2.35. The lowest BCUT2D eigenvalue weighted by Crippen LogP contribution is -2.51. The fraction of sp³-hybridized carbons (Fsp3) is 0.667. The zero-order chi connectivity index (χ0) is 19.5. The molecule has 0 unspecified atom stereocenters. The van der Waals surface area contributed by atoms with Crippen molar-refractivity contribution in [2.45, 2.75) is 51.9 Å². The highest BCUT2D eigenvalue weighted by atomic mass is 19.4. The van der Waals surface area contributed by atoms with Crippen molar-refractivity contribution in [2.24, 2.45) is 5.41 Å². The number of aromatic nitrogens is 1. The summed E-state index contributed by atoms with van der Waals surface area (Å²) < 4.78 is 44.3. The zero-order valence-electron chi connectivity index (χ0n) is 15.6. The maximum Gasteiger partial charge on any atom is 0.421 e. The highest BCUT2D eigenvalue weighted by Gasteiger charge is 2.37. The summed E-state index contributed by atoms with van der Waals surface area (Å²) in [5, 5.41) is 3.00. The number of carbonyl (C=O) groups excluding carboxylic acids is 1. The van der Waals surface area contributed by atoms with Crippen LogP contribution in [0.2, 0.25) is 0 Å². The number of alkyl halides is 3. The summed E-state index contributed by atoms with van der Waals surface area (Å²) >= 11 is 0. The molecule has 0 saturated carbocycles. The third kappa shape index (κ3) is 5.09. The van der Waals surface area contributed by atoms with Crippen molar-refractivity contribution in [1.82, 2.24) is 15.2 Å². The molecule has 1 aliphatic heterocycles. The van der Waals surface area contributed by atoms with Crippen molar-refractivity contribution in [1.29, 1.82) is 0 Å². The van der Waals surface area contributed by atoms with Crippen LogP contribution in [-0.4, -0.2) is 48.1 Å². The average Bonchev–Trinajstić information content (AvgIpc) is 2.56. The third-order valence-corrected chi connectivity index (χ3v) is 4.80. The fourth-order valence-corrected chi connectivity index (χ4v) is 2.84. The number of ether oxygens (including phenoxy) is 1. The van der Waals surface area contributed by atoms with Gasteiger partial charge in [0.15, 0.2) is 0 Å². The van der Waals surface area contributed by atoms with Gasteiger partial charge in [0.05, 0.1) is 5.41 Å². The molecule has 1 fully saturated rings. The van der Waals surface area contributed by atoms with Crippen LogP contribution >= 0.6 is 0 Å². The predicted molar refractivity (Wildman–Crippen MR) is 91.8 cm³/mol. The monoisotopic (exact) mass is 373 g/mol. The van der Waals surface area contributed by atoms with Gasteiger partial charge in [0.25, 0.3) is 0 Å². The Bertz CT molecular complexity index is 634. The molecule has 146 valence electrons. The molecule has 0 bridgehead atoms. The minimum Gasteiger partial charge on any atom is -0.476 e. The molecule has 5 nitrogen and oxygen atoms in total. The van der Waals surface area contributed by atoms with Crippen LogP contribution in [0, 0.1) is 5.41 Å². The smallest absolute Gasteiger partial charge is 0.421 e. The average molecular weight is 373 g/mol. The minimum atomic E-state index is -4.56. The first kappa shape index (κ1) is 20.5.